The van der Waals surface area contributed by atoms with Crippen LogP contribution < -0.4 is 0 Å². The minimum Gasteiger partial charge on any atom is -0.507 e. The molecule has 1 aromatic carbocycles. The Balaban J connectivity index is 2.46. The van der Waals surface area contributed by atoms with E-state index >= 15 is 0 Å². The molecule has 0 unspecified atom stereocenters. The second-order valence-electron chi connectivity index (χ2n) is 5.87. The molecule has 0 amide bonds. The van der Waals surface area contributed by atoms with Crippen molar-refractivity contribution in [2.75, 3.05) is 0 Å². The van der Waals surface area contributed by atoms with E-state index in [0.717, 1.165) is 24.3 Å². The Morgan fingerprint density at radius 1 is 0.900 bits per heavy atom. The van der Waals surface area contributed by atoms with Gasteiger partial charge in [0.15, 0.2) is 0 Å². The van der Waals surface area contributed by atoms with E-state index in [1.54, 1.807) is 6.07 Å². The molecular weight excluding hydrogens is 252 g/mol. The molecule has 0 aliphatic heterocycles. The van der Waals surface area contributed by atoms with Crippen LogP contribution in [-0.4, -0.2) is 15.3 Å². The lowest BCUT2D eigenvalue weighted by Gasteiger charge is -2.12. The third kappa shape index (κ3) is 5.14. The first-order chi connectivity index (χ1) is 9.60. The average Bonchev–Trinajstić information content (AvgIpc) is 2.42. The molecule has 0 atom stereocenters. The Bertz CT molecular complexity index is 399. The van der Waals surface area contributed by atoms with Crippen LogP contribution in [0.5, 0.6) is 5.75 Å². The molecule has 1 rings (SSSR count). The van der Waals surface area contributed by atoms with Crippen molar-refractivity contribution in [2.45, 2.75) is 65.6 Å². The molecule has 0 fully saturated rings. The number of aliphatic hydroxyl groups is 2. The van der Waals surface area contributed by atoms with Crippen LogP contribution in [-0.2, 0) is 19.6 Å². The summed E-state index contributed by atoms with van der Waals surface area (Å²) in [5.74, 6) is 0.825. The van der Waals surface area contributed by atoms with Crippen LogP contribution in [0.4, 0.5) is 0 Å². The number of rotatable bonds is 9. The van der Waals surface area contributed by atoms with E-state index in [2.05, 4.69) is 13.8 Å². The number of hydrogen-bond donors (Lipinski definition) is 3. The molecule has 0 aliphatic carbocycles. The molecule has 1 aromatic rings. The lowest BCUT2D eigenvalue weighted by Crippen LogP contribution is -1.99. The van der Waals surface area contributed by atoms with Crippen LogP contribution in [0.2, 0.25) is 0 Å². The zero-order valence-electron chi connectivity index (χ0n) is 12.7. The number of aryl methyl sites for hydroxylation is 1. The zero-order valence-corrected chi connectivity index (χ0v) is 12.7. The second-order valence-corrected chi connectivity index (χ2v) is 5.87. The van der Waals surface area contributed by atoms with Crippen LogP contribution in [0.3, 0.4) is 0 Å². The fourth-order valence-electron chi connectivity index (χ4n) is 2.49. The number of phenols is 1. The monoisotopic (exact) mass is 280 g/mol. The van der Waals surface area contributed by atoms with Crippen LogP contribution >= 0.6 is 0 Å². The quantitative estimate of drug-likeness (QED) is 0.606. The van der Waals surface area contributed by atoms with Gasteiger partial charge in [-0.1, -0.05) is 51.7 Å². The van der Waals surface area contributed by atoms with E-state index in [9.17, 15) is 10.2 Å². The van der Waals surface area contributed by atoms with Crippen molar-refractivity contribution in [3.63, 3.8) is 0 Å². The van der Waals surface area contributed by atoms with Crippen molar-refractivity contribution < 1.29 is 15.3 Å². The molecule has 20 heavy (non-hydrogen) atoms. The SMILES string of the molecule is CC(C)CCCCCCc1ccc(CO)c(O)c1CO. The summed E-state index contributed by atoms with van der Waals surface area (Å²) in [6.07, 6.45) is 6.93. The summed E-state index contributed by atoms with van der Waals surface area (Å²) in [5, 5.41) is 28.4. The molecule has 0 saturated heterocycles. The smallest absolute Gasteiger partial charge is 0.126 e. The summed E-state index contributed by atoms with van der Waals surface area (Å²) in [6, 6.07) is 3.65. The Kier molecular flexibility index (Phi) is 7.63. The number of aromatic hydroxyl groups is 1. The Hall–Kier alpha value is -1.06. The van der Waals surface area contributed by atoms with E-state index in [1.807, 2.05) is 6.07 Å². The minimum absolute atomic E-state index is 0.0484. The van der Waals surface area contributed by atoms with E-state index < -0.39 is 0 Å². The van der Waals surface area contributed by atoms with Gasteiger partial charge in [0.05, 0.1) is 13.2 Å². The van der Waals surface area contributed by atoms with Crippen LogP contribution in [0.25, 0.3) is 0 Å². The highest BCUT2D eigenvalue weighted by Gasteiger charge is 2.11. The maximum Gasteiger partial charge on any atom is 0.126 e. The van der Waals surface area contributed by atoms with Crippen molar-refractivity contribution in [3.8, 4) is 5.75 Å². The van der Waals surface area contributed by atoms with Crippen molar-refractivity contribution in [1.29, 1.82) is 0 Å². The first kappa shape index (κ1) is 17.0. The maximum absolute atomic E-state index is 9.95. The Morgan fingerprint density at radius 3 is 2.15 bits per heavy atom. The predicted molar refractivity (Wildman–Crippen MR) is 81.6 cm³/mol. The second kappa shape index (κ2) is 8.98. The molecule has 0 spiro atoms. The Morgan fingerprint density at radius 2 is 1.55 bits per heavy atom. The van der Waals surface area contributed by atoms with Gasteiger partial charge < -0.3 is 15.3 Å². The molecule has 0 saturated carbocycles. The normalized spacial score (nSPS) is 11.2. The molecular formula is C17H28O3. The Labute approximate surface area is 122 Å². The molecule has 0 aromatic heterocycles. The van der Waals surface area contributed by atoms with Crippen LogP contribution in [0, 0.1) is 5.92 Å². The van der Waals surface area contributed by atoms with Crippen molar-refractivity contribution in [3.05, 3.63) is 28.8 Å². The van der Waals surface area contributed by atoms with Gasteiger partial charge in [-0.25, -0.2) is 0 Å². The van der Waals surface area contributed by atoms with Crippen molar-refractivity contribution >= 4 is 0 Å². The fourth-order valence-corrected chi connectivity index (χ4v) is 2.49. The molecule has 3 N–H and O–H groups in total. The van der Waals surface area contributed by atoms with Gasteiger partial charge in [-0.3, -0.25) is 0 Å². The average molecular weight is 280 g/mol. The standard InChI is InChI=1S/C17H28O3/c1-13(2)7-5-3-4-6-8-14-9-10-15(11-18)17(20)16(14)12-19/h9-10,13,18-20H,3-8,11-12H2,1-2H3. The van der Waals surface area contributed by atoms with E-state index in [1.165, 1.54) is 25.7 Å². The molecule has 0 bridgehead atoms. The molecule has 0 aliphatic rings. The lowest BCUT2D eigenvalue weighted by atomic mass is 9.97. The highest BCUT2D eigenvalue weighted by Crippen LogP contribution is 2.27. The van der Waals surface area contributed by atoms with Gasteiger partial charge in [0, 0.05) is 11.1 Å². The largest absolute Gasteiger partial charge is 0.507 e. The highest BCUT2D eigenvalue weighted by molar-refractivity contribution is 5.45. The van der Waals surface area contributed by atoms with Gasteiger partial charge in [0.1, 0.15) is 5.75 Å². The van der Waals surface area contributed by atoms with E-state index in [4.69, 9.17) is 5.11 Å². The third-order valence-corrected chi connectivity index (χ3v) is 3.77. The summed E-state index contributed by atoms with van der Waals surface area (Å²) in [4.78, 5) is 0. The third-order valence-electron chi connectivity index (χ3n) is 3.77. The molecule has 3 nitrogen and oxygen atoms in total. The zero-order chi connectivity index (χ0) is 15.0. The topological polar surface area (TPSA) is 60.7 Å². The highest BCUT2D eigenvalue weighted by atomic mass is 16.3. The van der Waals surface area contributed by atoms with Gasteiger partial charge in [0.2, 0.25) is 0 Å². The summed E-state index contributed by atoms with van der Waals surface area (Å²) in [6.45, 7) is 4.12. The summed E-state index contributed by atoms with van der Waals surface area (Å²) in [5.41, 5.74) is 2.04. The lowest BCUT2D eigenvalue weighted by molar-refractivity contribution is 0.262. The minimum atomic E-state index is -0.200. The molecule has 3 heteroatoms. The van der Waals surface area contributed by atoms with Crippen molar-refractivity contribution in [2.24, 2.45) is 5.92 Å². The van der Waals surface area contributed by atoms with E-state index in [-0.39, 0.29) is 19.0 Å². The van der Waals surface area contributed by atoms with Gasteiger partial charge in [-0.15, -0.1) is 0 Å². The predicted octanol–water partition coefficient (Wildman–Crippen LogP) is 3.53. The van der Waals surface area contributed by atoms with E-state index in [0.29, 0.717) is 11.1 Å². The molecule has 0 heterocycles. The first-order valence-electron chi connectivity index (χ1n) is 7.64. The van der Waals surface area contributed by atoms with Crippen molar-refractivity contribution in [1.82, 2.24) is 0 Å². The number of hydrogen-bond acceptors (Lipinski definition) is 3. The first-order valence-corrected chi connectivity index (χ1v) is 7.64. The van der Waals surface area contributed by atoms with Gasteiger partial charge >= 0.3 is 0 Å². The summed E-state index contributed by atoms with van der Waals surface area (Å²) in [7, 11) is 0. The fraction of sp³-hybridized carbons (Fsp3) is 0.647. The number of unbranched alkanes of at least 4 members (excludes halogenated alkanes) is 3. The van der Waals surface area contributed by atoms with Gasteiger partial charge in [-0.05, 0) is 24.3 Å². The summed E-state index contributed by atoms with van der Waals surface area (Å²) >= 11 is 0. The summed E-state index contributed by atoms with van der Waals surface area (Å²) < 4.78 is 0. The molecule has 114 valence electrons. The molecule has 0 radical (unpaired) electrons. The van der Waals surface area contributed by atoms with Gasteiger partial charge in [0.25, 0.3) is 0 Å². The number of benzene rings is 1. The van der Waals surface area contributed by atoms with Crippen LogP contribution in [0.1, 0.15) is 62.6 Å². The number of aliphatic hydroxyl groups excluding tert-OH is 2. The van der Waals surface area contributed by atoms with Gasteiger partial charge in [-0.2, -0.15) is 0 Å². The van der Waals surface area contributed by atoms with Crippen LogP contribution in [0.15, 0.2) is 12.1 Å². The maximum atomic E-state index is 9.95.